The number of benzene rings is 1. The van der Waals surface area contributed by atoms with E-state index in [0.29, 0.717) is 4.96 Å². The third kappa shape index (κ3) is 3.04. The molecule has 1 N–H and O–H groups in total. The van der Waals surface area contributed by atoms with Gasteiger partial charge in [-0.2, -0.15) is 9.61 Å². The molecule has 0 radical (unpaired) electrons. The van der Waals surface area contributed by atoms with Gasteiger partial charge in [0.2, 0.25) is 10.8 Å². The molecule has 1 saturated heterocycles. The fourth-order valence-electron chi connectivity index (χ4n) is 3.61. The Hall–Kier alpha value is -2.16. The van der Waals surface area contributed by atoms with Gasteiger partial charge in [-0.1, -0.05) is 23.5 Å². The fraction of sp³-hybridized carbons (Fsp3) is 0.444. The molecule has 7 nitrogen and oxygen atoms in total. The number of aromatic hydroxyl groups is 1. The average molecular weight is 374 g/mol. The largest absolute Gasteiger partial charge is 0.497 e. The summed E-state index contributed by atoms with van der Waals surface area (Å²) < 4.78 is 12.7. The third-order valence-electron chi connectivity index (χ3n) is 4.63. The van der Waals surface area contributed by atoms with Crippen molar-refractivity contribution < 1.29 is 14.6 Å². The summed E-state index contributed by atoms with van der Waals surface area (Å²) >= 11 is 1.47. The predicted octanol–water partition coefficient (Wildman–Crippen LogP) is 2.70. The van der Waals surface area contributed by atoms with Crippen LogP contribution in [0.3, 0.4) is 0 Å². The molecule has 3 heterocycles. The molecule has 1 fully saturated rings. The molecule has 3 aromatic rings. The highest BCUT2D eigenvalue weighted by Crippen LogP contribution is 2.40. The van der Waals surface area contributed by atoms with Gasteiger partial charge in [0.1, 0.15) is 12.1 Å². The van der Waals surface area contributed by atoms with E-state index in [1.165, 1.54) is 22.2 Å². The van der Waals surface area contributed by atoms with E-state index >= 15 is 0 Å². The van der Waals surface area contributed by atoms with E-state index in [0.717, 1.165) is 29.3 Å². The second-order valence-corrected chi connectivity index (χ2v) is 7.64. The first-order chi connectivity index (χ1) is 12.6. The van der Waals surface area contributed by atoms with Crippen molar-refractivity contribution in [3.8, 4) is 11.6 Å². The third-order valence-corrected chi connectivity index (χ3v) is 5.72. The van der Waals surface area contributed by atoms with Gasteiger partial charge < -0.3 is 14.6 Å². The Morgan fingerprint density at radius 1 is 1.23 bits per heavy atom. The van der Waals surface area contributed by atoms with Gasteiger partial charge in [-0.05, 0) is 31.5 Å². The second kappa shape index (κ2) is 6.86. The van der Waals surface area contributed by atoms with Crippen LogP contribution in [0.4, 0.5) is 0 Å². The molecular weight excluding hydrogens is 352 g/mol. The minimum atomic E-state index is -0.0943. The van der Waals surface area contributed by atoms with Gasteiger partial charge in [-0.3, -0.25) is 4.90 Å². The van der Waals surface area contributed by atoms with Crippen LogP contribution < -0.4 is 4.74 Å². The molecule has 2 aromatic heterocycles. The standard InChI is InChI=1S/C18H22N4O3S/c1-11-8-21(9-12(2)25-11)15(13-4-6-14(24-3)7-5-13)16-17(23)22-18(26-16)19-10-20-22/h4-7,10-12,15,23H,8-9H2,1-3H3/t11-,12-,15+/m1/s1. The number of morpholine rings is 1. The maximum atomic E-state index is 10.8. The summed E-state index contributed by atoms with van der Waals surface area (Å²) in [5.41, 5.74) is 1.09. The molecule has 0 unspecified atom stereocenters. The SMILES string of the molecule is COc1ccc([C@@H](c2sc3ncnn3c2O)N2C[C@@H](C)O[C@H](C)C2)cc1. The molecule has 0 amide bonds. The van der Waals surface area contributed by atoms with Crippen LogP contribution in [0, 0.1) is 0 Å². The van der Waals surface area contributed by atoms with Crippen molar-refractivity contribution in [1.82, 2.24) is 19.5 Å². The molecule has 26 heavy (non-hydrogen) atoms. The van der Waals surface area contributed by atoms with Crippen LogP contribution in [-0.4, -0.2) is 57.0 Å². The number of hydrogen-bond acceptors (Lipinski definition) is 7. The van der Waals surface area contributed by atoms with E-state index in [2.05, 4.69) is 28.8 Å². The van der Waals surface area contributed by atoms with Gasteiger partial charge in [0, 0.05) is 13.1 Å². The summed E-state index contributed by atoms with van der Waals surface area (Å²) in [5, 5.41) is 14.9. The van der Waals surface area contributed by atoms with E-state index < -0.39 is 0 Å². The highest BCUT2D eigenvalue weighted by molar-refractivity contribution is 7.17. The quantitative estimate of drug-likeness (QED) is 0.757. The lowest BCUT2D eigenvalue weighted by atomic mass is 10.0. The Kier molecular flexibility index (Phi) is 4.56. The lowest BCUT2D eigenvalue weighted by Crippen LogP contribution is -2.47. The highest BCUT2D eigenvalue weighted by Gasteiger charge is 2.33. The minimum absolute atomic E-state index is 0.0943. The molecule has 4 rings (SSSR count). The Morgan fingerprint density at radius 2 is 1.92 bits per heavy atom. The molecule has 3 atom stereocenters. The molecule has 8 heteroatoms. The summed E-state index contributed by atoms with van der Waals surface area (Å²) in [5.74, 6) is 0.957. The number of aromatic nitrogens is 3. The summed E-state index contributed by atoms with van der Waals surface area (Å²) in [4.78, 5) is 8.10. The van der Waals surface area contributed by atoms with Crippen molar-refractivity contribution in [3.63, 3.8) is 0 Å². The summed E-state index contributed by atoms with van der Waals surface area (Å²) in [6.07, 6.45) is 1.71. The molecule has 1 aliphatic rings. The van der Waals surface area contributed by atoms with Crippen LogP contribution in [0.25, 0.3) is 4.96 Å². The van der Waals surface area contributed by atoms with Gasteiger partial charge in [0.25, 0.3) is 0 Å². The van der Waals surface area contributed by atoms with Crippen molar-refractivity contribution in [3.05, 3.63) is 41.0 Å². The van der Waals surface area contributed by atoms with Gasteiger partial charge in [0.05, 0.1) is 30.2 Å². The molecular formula is C18H22N4O3S. The van der Waals surface area contributed by atoms with Crippen LogP contribution >= 0.6 is 11.3 Å². The number of fused-ring (bicyclic) bond motifs is 1. The topological polar surface area (TPSA) is 72.1 Å². The molecule has 138 valence electrons. The zero-order chi connectivity index (χ0) is 18.3. The van der Waals surface area contributed by atoms with Crippen LogP contribution in [0.2, 0.25) is 0 Å². The zero-order valence-corrected chi connectivity index (χ0v) is 15.8. The van der Waals surface area contributed by atoms with Gasteiger partial charge in [0.15, 0.2) is 0 Å². The Labute approximate surface area is 155 Å². The monoisotopic (exact) mass is 374 g/mol. The zero-order valence-electron chi connectivity index (χ0n) is 15.0. The first kappa shape index (κ1) is 17.3. The number of nitrogens with zero attached hydrogens (tertiary/aromatic N) is 4. The molecule has 1 aromatic carbocycles. The van der Waals surface area contributed by atoms with E-state index in [9.17, 15) is 5.11 Å². The Balaban J connectivity index is 1.80. The number of hydrogen-bond donors (Lipinski definition) is 1. The molecule has 1 aliphatic heterocycles. The van der Waals surface area contributed by atoms with Crippen LogP contribution in [-0.2, 0) is 4.74 Å². The Bertz CT molecular complexity index is 882. The fourth-order valence-corrected chi connectivity index (χ4v) is 4.71. The maximum absolute atomic E-state index is 10.8. The van der Waals surface area contributed by atoms with E-state index in [4.69, 9.17) is 9.47 Å². The number of thiazole rings is 1. The van der Waals surface area contributed by atoms with Crippen molar-refractivity contribution in [2.75, 3.05) is 20.2 Å². The summed E-state index contributed by atoms with van der Waals surface area (Å²) in [6.45, 7) is 5.73. The summed E-state index contributed by atoms with van der Waals surface area (Å²) in [7, 11) is 1.66. The first-order valence-electron chi connectivity index (χ1n) is 8.61. The number of rotatable bonds is 4. The van der Waals surface area contributed by atoms with Gasteiger partial charge >= 0.3 is 0 Å². The van der Waals surface area contributed by atoms with Crippen molar-refractivity contribution in [2.45, 2.75) is 32.1 Å². The highest BCUT2D eigenvalue weighted by atomic mass is 32.1. The molecule has 0 spiro atoms. The maximum Gasteiger partial charge on any atom is 0.230 e. The first-order valence-corrected chi connectivity index (χ1v) is 9.43. The van der Waals surface area contributed by atoms with E-state index in [-0.39, 0.29) is 24.1 Å². The Morgan fingerprint density at radius 3 is 2.54 bits per heavy atom. The van der Waals surface area contributed by atoms with Crippen LogP contribution in [0.1, 0.15) is 30.3 Å². The minimum Gasteiger partial charge on any atom is -0.497 e. The molecule has 0 bridgehead atoms. The van der Waals surface area contributed by atoms with Crippen molar-refractivity contribution >= 4 is 16.3 Å². The van der Waals surface area contributed by atoms with Crippen LogP contribution in [0.15, 0.2) is 30.6 Å². The van der Waals surface area contributed by atoms with E-state index in [1.54, 1.807) is 7.11 Å². The lowest BCUT2D eigenvalue weighted by molar-refractivity contribution is -0.0764. The predicted molar refractivity (Wildman–Crippen MR) is 98.9 cm³/mol. The van der Waals surface area contributed by atoms with E-state index in [1.807, 2.05) is 24.3 Å². The molecule has 0 saturated carbocycles. The second-order valence-electron chi connectivity index (χ2n) is 6.63. The van der Waals surface area contributed by atoms with Crippen molar-refractivity contribution in [2.24, 2.45) is 0 Å². The number of methoxy groups -OCH3 is 1. The van der Waals surface area contributed by atoms with Gasteiger partial charge in [-0.25, -0.2) is 4.98 Å². The normalized spacial score (nSPS) is 22.6. The number of ether oxygens (including phenoxy) is 2. The summed E-state index contributed by atoms with van der Waals surface area (Å²) in [6, 6.07) is 7.89. The molecule has 0 aliphatic carbocycles. The van der Waals surface area contributed by atoms with Gasteiger partial charge in [-0.15, -0.1) is 0 Å². The van der Waals surface area contributed by atoms with Crippen LogP contribution in [0.5, 0.6) is 11.6 Å². The smallest absolute Gasteiger partial charge is 0.230 e. The van der Waals surface area contributed by atoms with Crippen molar-refractivity contribution in [1.29, 1.82) is 0 Å². The average Bonchev–Trinajstić information content (AvgIpc) is 3.19. The lowest BCUT2D eigenvalue weighted by Gasteiger charge is -2.40.